The monoisotopic (exact) mass is 273 g/mol. The van der Waals surface area contributed by atoms with Crippen LogP contribution in [0.25, 0.3) is 11.3 Å². The molecule has 0 spiro atoms. The standard InChI is InChI=1S/C11H7ClF3N3/c12-8-5-17-9(10(16)18-8)6-2-1-3-7(4-6)11(13,14)15/h1-5H,(H2,16,18). The smallest absolute Gasteiger partial charge is 0.382 e. The van der Waals surface area contributed by atoms with E-state index in [9.17, 15) is 13.2 Å². The number of alkyl halides is 3. The molecule has 18 heavy (non-hydrogen) atoms. The summed E-state index contributed by atoms with van der Waals surface area (Å²) in [6.45, 7) is 0. The summed E-state index contributed by atoms with van der Waals surface area (Å²) >= 11 is 5.57. The van der Waals surface area contributed by atoms with Crippen LogP contribution in [0, 0.1) is 0 Å². The van der Waals surface area contributed by atoms with E-state index in [2.05, 4.69) is 9.97 Å². The van der Waals surface area contributed by atoms with Crippen molar-refractivity contribution >= 4 is 17.4 Å². The number of nitrogen functional groups attached to an aromatic ring is 1. The van der Waals surface area contributed by atoms with Crippen molar-refractivity contribution < 1.29 is 13.2 Å². The molecule has 3 nitrogen and oxygen atoms in total. The molecule has 2 N–H and O–H groups in total. The van der Waals surface area contributed by atoms with Crippen LogP contribution in [0.3, 0.4) is 0 Å². The zero-order valence-electron chi connectivity index (χ0n) is 8.87. The molecule has 1 aromatic carbocycles. The molecule has 0 bridgehead atoms. The summed E-state index contributed by atoms with van der Waals surface area (Å²) < 4.78 is 37.7. The number of aromatic nitrogens is 2. The second kappa shape index (κ2) is 4.45. The number of hydrogen-bond donors (Lipinski definition) is 1. The fourth-order valence-electron chi connectivity index (χ4n) is 1.45. The second-order valence-electron chi connectivity index (χ2n) is 3.51. The molecule has 0 saturated carbocycles. The molecule has 2 aromatic rings. The van der Waals surface area contributed by atoms with Crippen LogP contribution in [-0.4, -0.2) is 9.97 Å². The minimum absolute atomic E-state index is 0.0122. The first kappa shape index (κ1) is 12.6. The summed E-state index contributed by atoms with van der Waals surface area (Å²) in [5.74, 6) is -0.0122. The van der Waals surface area contributed by atoms with E-state index < -0.39 is 11.7 Å². The van der Waals surface area contributed by atoms with E-state index in [0.29, 0.717) is 0 Å². The molecule has 1 aromatic heterocycles. The number of rotatable bonds is 1. The summed E-state index contributed by atoms with van der Waals surface area (Å²) in [5.41, 5.74) is 5.22. The van der Waals surface area contributed by atoms with E-state index in [-0.39, 0.29) is 22.2 Å². The van der Waals surface area contributed by atoms with Crippen molar-refractivity contribution in [3.8, 4) is 11.3 Å². The highest BCUT2D eigenvalue weighted by Crippen LogP contribution is 2.32. The van der Waals surface area contributed by atoms with E-state index in [1.807, 2.05) is 0 Å². The van der Waals surface area contributed by atoms with Crippen molar-refractivity contribution in [2.45, 2.75) is 6.18 Å². The quantitative estimate of drug-likeness (QED) is 0.866. The van der Waals surface area contributed by atoms with Crippen LogP contribution in [0.4, 0.5) is 19.0 Å². The van der Waals surface area contributed by atoms with E-state index in [1.54, 1.807) is 0 Å². The number of hydrogen-bond acceptors (Lipinski definition) is 3. The molecule has 0 aliphatic heterocycles. The average Bonchev–Trinajstić information content (AvgIpc) is 2.28. The van der Waals surface area contributed by atoms with Gasteiger partial charge in [-0.3, -0.25) is 0 Å². The lowest BCUT2D eigenvalue weighted by Crippen LogP contribution is -2.05. The fraction of sp³-hybridized carbons (Fsp3) is 0.0909. The Labute approximate surface area is 105 Å². The van der Waals surface area contributed by atoms with Gasteiger partial charge in [-0.2, -0.15) is 13.2 Å². The van der Waals surface area contributed by atoms with Crippen LogP contribution in [0.1, 0.15) is 5.56 Å². The highest BCUT2D eigenvalue weighted by Gasteiger charge is 2.30. The van der Waals surface area contributed by atoms with E-state index in [1.165, 1.54) is 18.3 Å². The van der Waals surface area contributed by atoms with Gasteiger partial charge in [0.05, 0.1) is 11.8 Å². The van der Waals surface area contributed by atoms with E-state index in [0.717, 1.165) is 12.1 Å². The molecule has 2 rings (SSSR count). The Morgan fingerprint density at radius 3 is 2.56 bits per heavy atom. The maximum absolute atomic E-state index is 12.6. The molecule has 1 heterocycles. The Morgan fingerprint density at radius 1 is 1.22 bits per heavy atom. The van der Waals surface area contributed by atoms with Gasteiger partial charge in [-0.25, -0.2) is 9.97 Å². The second-order valence-corrected chi connectivity index (χ2v) is 3.89. The predicted octanol–water partition coefficient (Wildman–Crippen LogP) is 3.40. The van der Waals surface area contributed by atoms with Gasteiger partial charge in [0.15, 0.2) is 5.82 Å². The van der Waals surface area contributed by atoms with Crippen molar-refractivity contribution in [1.29, 1.82) is 0 Å². The Hall–Kier alpha value is -1.82. The van der Waals surface area contributed by atoms with Crippen LogP contribution in [0.2, 0.25) is 5.15 Å². The Balaban J connectivity index is 2.51. The molecule has 7 heteroatoms. The minimum Gasteiger partial charge on any atom is -0.382 e. The van der Waals surface area contributed by atoms with Crippen molar-refractivity contribution in [3.05, 3.63) is 41.2 Å². The normalized spacial score (nSPS) is 11.6. The van der Waals surface area contributed by atoms with Gasteiger partial charge in [0.25, 0.3) is 0 Å². The SMILES string of the molecule is Nc1nc(Cl)cnc1-c1cccc(C(F)(F)F)c1. The molecular formula is C11H7ClF3N3. The van der Waals surface area contributed by atoms with Gasteiger partial charge in [0.2, 0.25) is 0 Å². The lowest BCUT2D eigenvalue weighted by molar-refractivity contribution is -0.137. The van der Waals surface area contributed by atoms with Gasteiger partial charge in [-0.15, -0.1) is 0 Å². The highest BCUT2D eigenvalue weighted by atomic mass is 35.5. The van der Waals surface area contributed by atoms with E-state index in [4.69, 9.17) is 17.3 Å². The summed E-state index contributed by atoms with van der Waals surface area (Å²) in [6.07, 6.45) is -3.18. The first-order chi connectivity index (χ1) is 8.38. The fourth-order valence-corrected chi connectivity index (χ4v) is 1.59. The number of benzene rings is 1. The third-order valence-electron chi connectivity index (χ3n) is 2.23. The molecule has 0 radical (unpaired) electrons. The van der Waals surface area contributed by atoms with Crippen LogP contribution in [0.15, 0.2) is 30.5 Å². The van der Waals surface area contributed by atoms with Crippen molar-refractivity contribution in [2.75, 3.05) is 5.73 Å². The van der Waals surface area contributed by atoms with Gasteiger partial charge in [-0.1, -0.05) is 23.7 Å². The average molecular weight is 274 g/mol. The van der Waals surface area contributed by atoms with Crippen LogP contribution in [0.5, 0.6) is 0 Å². The van der Waals surface area contributed by atoms with Crippen LogP contribution in [-0.2, 0) is 6.18 Å². The largest absolute Gasteiger partial charge is 0.416 e. The predicted molar refractivity (Wildman–Crippen MR) is 61.9 cm³/mol. The number of nitrogens with two attached hydrogens (primary N) is 1. The Kier molecular flexibility index (Phi) is 3.13. The molecule has 0 fully saturated rings. The number of anilines is 1. The number of halogens is 4. The van der Waals surface area contributed by atoms with Gasteiger partial charge >= 0.3 is 6.18 Å². The molecule has 0 aliphatic carbocycles. The van der Waals surface area contributed by atoms with Crippen molar-refractivity contribution in [2.24, 2.45) is 0 Å². The lowest BCUT2D eigenvalue weighted by atomic mass is 10.1. The third-order valence-corrected chi connectivity index (χ3v) is 2.42. The summed E-state index contributed by atoms with van der Waals surface area (Å²) in [6, 6.07) is 4.70. The third kappa shape index (κ3) is 2.53. The molecule has 94 valence electrons. The van der Waals surface area contributed by atoms with Crippen molar-refractivity contribution in [3.63, 3.8) is 0 Å². The first-order valence-electron chi connectivity index (χ1n) is 4.83. The summed E-state index contributed by atoms with van der Waals surface area (Å²) in [7, 11) is 0. The van der Waals surface area contributed by atoms with Gasteiger partial charge in [-0.05, 0) is 12.1 Å². The highest BCUT2D eigenvalue weighted by molar-refractivity contribution is 6.29. The maximum Gasteiger partial charge on any atom is 0.416 e. The molecular weight excluding hydrogens is 267 g/mol. The van der Waals surface area contributed by atoms with Crippen molar-refractivity contribution in [1.82, 2.24) is 9.97 Å². The topological polar surface area (TPSA) is 51.8 Å². The van der Waals surface area contributed by atoms with Crippen LogP contribution < -0.4 is 5.73 Å². The van der Waals surface area contributed by atoms with E-state index >= 15 is 0 Å². The van der Waals surface area contributed by atoms with Crippen LogP contribution >= 0.6 is 11.6 Å². The van der Waals surface area contributed by atoms with Gasteiger partial charge < -0.3 is 5.73 Å². The summed E-state index contributed by atoms with van der Waals surface area (Å²) in [4.78, 5) is 7.63. The molecule has 0 saturated heterocycles. The minimum atomic E-state index is -4.41. The molecule has 0 amide bonds. The Morgan fingerprint density at radius 2 is 1.94 bits per heavy atom. The Bertz CT molecular complexity index is 584. The molecule has 0 unspecified atom stereocenters. The number of nitrogens with zero attached hydrogens (tertiary/aromatic N) is 2. The zero-order chi connectivity index (χ0) is 13.3. The zero-order valence-corrected chi connectivity index (χ0v) is 9.63. The maximum atomic E-state index is 12.6. The summed E-state index contributed by atoms with van der Waals surface area (Å²) in [5, 5.41) is 0.0863. The first-order valence-corrected chi connectivity index (χ1v) is 5.21. The lowest BCUT2D eigenvalue weighted by Gasteiger charge is -2.09. The molecule has 0 atom stereocenters. The molecule has 0 aliphatic rings. The van der Waals surface area contributed by atoms with Gasteiger partial charge in [0.1, 0.15) is 10.8 Å². The van der Waals surface area contributed by atoms with Gasteiger partial charge in [0, 0.05) is 5.56 Å².